The van der Waals surface area contributed by atoms with Crippen molar-refractivity contribution in [3.05, 3.63) is 16.1 Å². The van der Waals surface area contributed by atoms with E-state index in [4.69, 9.17) is 4.98 Å². The van der Waals surface area contributed by atoms with Crippen LogP contribution in [0, 0.1) is 0 Å². The Morgan fingerprint density at radius 3 is 2.76 bits per heavy atom. The smallest absolute Gasteiger partial charge is 0.107 e. The zero-order chi connectivity index (χ0) is 14.9. The molecule has 3 nitrogen and oxygen atoms in total. The lowest BCUT2D eigenvalue weighted by Gasteiger charge is -2.35. The maximum absolute atomic E-state index is 4.87. The number of likely N-dealkylation sites (tertiary alicyclic amines) is 1. The van der Waals surface area contributed by atoms with Crippen molar-refractivity contribution in [3.63, 3.8) is 0 Å². The normalized spacial score (nSPS) is 24.4. The second-order valence-electron chi connectivity index (χ2n) is 7.68. The molecule has 1 atom stereocenters. The topological polar surface area (TPSA) is 28.2 Å². The van der Waals surface area contributed by atoms with Gasteiger partial charge in [-0.2, -0.15) is 0 Å². The van der Waals surface area contributed by atoms with E-state index in [1.54, 1.807) is 0 Å². The van der Waals surface area contributed by atoms with Crippen molar-refractivity contribution in [3.8, 4) is 0 Å². The zero-order valence-electron chi connectivity index (χ0n) is 13.7. The molecule has 118 valence electrons. The van der Waals surface area contributed by atoms with Crippen LogP contribution in [-0.4, -0.2) is 35.1 Å². The van der Waals surface area contributed by atoms with E-state index < -0.39 is 0 Å². The molecule has 1 saturated carbocycles. The van der Waals surface area contributed by atoms with Crippen LogP contribution < -0.4 is 5.32 Å². The summed E-state index contributed by atoms with van der Waals surface area (Å²) in [4.78, 5) is 7.53. The third-order valence-corrected chi connectivity index (χ3v) is 5.46. The van der Waals surface area contributed by atoms with Crippen molar-refractivity contribution in [1.29, 1.82) is 0 Å². The highest BCUT2D eigenvalue weighted by Gasteiger charge is 2.27. The van der Waals surface area contributed by atoms with Gasteiger partial charge in [-0.1, -0.05) is 27.2 Å². The molecule has 0 spiro atoms. The molecule has 4 heteroatoms. The second kappa shape index (κ2) is 6.35. The van der Waals surface area contributed by atoms with Gasteiger partial charge in [0.25, 0.3) is 0 Å². The minimum absolute atomic E-state index is 0.170. The lowest BCUT2D eigenvalue weighted by atomic mass is 9.93. The van der Waals surface area contributed by atoms with Crippen molar-refractivity contribution in [2.75, 3.05) is 13.1 Å². The molecular weight excluding hydrogens is 278 g/mol. The monoisotopic (exact) mass is 307 g/mol. The first-order chi connectivity index (χ1) is 10.0. The highest BCUT2D eigenvalue weighted by Crippen LogP contribution is 2.27. The van der Waals surface area contributed by atoms with Crippen LogP contribution in [-0.2, 0) is 12.0 Å². The molecule has 0 bridgehead atoms. The third-order valence-electron chi connectivity index (χ3n) is 4.63. The first-order valence-corrected chi connectivity index (χ1v) is 9.32. The number of piperidine rings is 1. The Hall–Kier alpha value is -0.450. The van der Waals surface area contributed by atoms with Gasteiger partial charge < -0.3 is 5.32 Å². The maximum atomic E-state index is 4.87. The number of hydrogen-bond acceptors (Lipinski definition) is 4. The fourth-order valence-corrected chi connectivity index (χ4v) is 4.04. The van der Waals surface area contributed by atoms with Gasteiger partial charge in [-0.3, -0.25) is 4.90 Å². The van der Waals surface area contributed by atoms with Crippen LogP contribution in [0.25, 0.3) is 0 Å². The van der Waals surface area contributed by atoms with Crippen LogP contribution in [0.15, 0.2) is 5.38 Å². The van der Waals surface area contributed by atoms with Crippen LogP contribution >= 0.6 is 11.3 Å². The van der Waals surface area contributed by atoms with Gasteiger partial charge in [0, 0.05) is 29.4 Å². The van der Waals surface area contributed by atoms with Crippen LogP contribution in [0.3, 0.4) is 0 Å². The van der Waals surface area contributed by atoms with Gasteiger partial charge in [0.1, 0.15) is 5.01 Å². The van der Waals surface area contributed by atoms with E-state index in [9.17, 15) is 0 Å². The Balaban J connectivity index is 1.59. The van der Waals surface area contributed by atoms with E-state index in [0.717, 1.165) is 12.6 Å². The molecule has 3 rings (SSSR count). The van der Waals surface area contributed by atoms with Crippen molar-refractivity contribution in [1.82, 2.24) is 15.2 Å². The summed E-state index contributed by atoms with van der Waals surface area (Å²) >= 11 is 1.84. The Morgan fingerprint density at radius 1 is 1.29 bits per heavy atom. The Bertz CT molecular complexity index is 459. The van der Waals surface area contributed by atoms with Crippen LogP contribution in [0.2, 0.25) is 0 Å². The van der Waals surface area contributed by atoms with Gasteiger partial charge in [-0.15, -0.1) is 11.3 Å². The van der Waals surface area contributed by atoms with Gasteiger partial charge in [0.15, 0.2) is 0 Å². The predicted molar refractivity (Wildman–Crippen MR) is 89.9 cm³/mol. The summed E-state index contributed by atoms with van der Waals surface area (Å²) in [7, 11) is 0. The van der Waals surface area contributed by atoms with Crippen molar-refractivity contribution < 1.29 is 0 Å². The number of nitrogens with zero attached hydrogens (tertiary/aromatic N) is 2. The van der Waals surface area contributed by atoms with Crippen LogP contribution in [0.5, 0.6) is 0 Å². The number of hydrogen-bond donors (Lipinski definition) is 1. The summed E-state index contributed by atoms with van der Waals surface area (Å²) in [6.07, 6.45) is 6.84. The number of aromatic nitrogens is 1. The minimum Gasteiger partial charge on any atom is -0.312 e. The average molecular weight is 308 g/mol. The van der Waals surface area contributed by atoms with Crippen molar-refractivity contribution in [2.24, 2.45) is 0 Å². The molecule has 1 aromatic heterocycles. The van der Waals surface area contributed by atoms with E-state index in [0.29, 0.717) is 6.04 Å². The number of rotatable bonds is 5. The van der Waals surface area contributed by atoms with Crippen molar-refractivity contribution in [2.45, 2.75) is 76.9 Å². The fraction of sp³-hybridized carbons (Fsp3) is 0.824. The quantitative estimate of drug-likeness (QED) is 0.902. The molecule has 21 heavy (non-hydrogen) atoms. The summed E-state index contributed by atoms with van der Waals surface area (Å²) in [5.41, 5.74) is 1.41. The standard InChI is InChI=1S/C17H29N3S/c1-17(2,3)15-12-21-16(19-15)11-20-9-5-4-6-14(20)10-18-13-7-8-13/h12-14,18H,4-11H2,1-3H3. The lowest BCUT2D eigenvalue weighted by Crippen LogP contribution is -2.45. The SMILES string of the molecule is CC(C)(C)c1csc(CN2CCCCC2CNC2CC2)n1. The summed E-state index contributed by atoms with van der Waals surface area (Å²) < 4.78 is 0. The molecule has 0 aromatic carbocycles. The van der Waals surface area contributed by atoms with E-state index in [1.807, 2.05) is 11.3 Å². The van der Waals surface area contributed by atoms with Crippen molar-refractivity contribution >= 4 is 11.3 Å². The molecule has 2 heterocycles. The molecule has 1 saturated heterocycles. The second-order valence-corrected chi connectivity index (χ2v) is 8.62. The molecule has 1 aliphatic carbocycles. The minimum atomic E-state index is 0.170. The molecule has 1 aromatic rings. The summed E-state index contributed by atoms with van der Waals surface area (Å²) in [5, 5.41) is 7.25. The van der Waals surface area contributed by atoms with Gasteiger partial charge >= 0.3 is 0 Å². The molecule has 2 fully saturated rings. The Morgan fingerprint density at radius 2 is 2.10 bits per heavy atom. The molecule has 0 amide bonds. The van der Waals surface area contributed by atoms with Crippen LogP contribution in [0.1, 0.15) is 63.6 Å². The highest BCUT2D eigenvalue weighted by atomic mass is 32.1. The van der Waals surface area contributed by atoms with E-state index in [1.165, 1.54) is 55.9 Å². The molecule has 0 radical (unpaired) electrons. The van der Waals surface area contributed by atoms with Gasteiger partial charge in [-0.25, -0.2) is 4.98 Å². The largest absolute Gasteiger partial charge is 0.312 e. The Kier molecular flexibility index (Phi) is 4.67. The number of nitrogens with one attached hydrogen (secondary N) is 1. The average Bonchev–Trinajstić information content (AvgIpc) is 3.14. The summed E-state index contributed by atoms with van der Waals surface area (Å²) in [6.45, 7) is 10.2. The molecule has 1 aliphatic heterocycles. The third kappa shape index (κ3) is 4.27. The van der Waals surface area contributed by atoms with Crippen LogP contribution in [0.4, 0.5) is 0 Å². The van der Waals surface area contributed by atoms with Gasteiger partial charge in [0.05, 0.1) is 12.2 Å². The zero-order valence-corrected chi connectivity index (χ0v) is 14.5. The molecule has 1 N–H and O–H groups in total. The van der Waals surface area contributed by atoms with Gasteiger partial charge in [0.2, 0.25) is 0 Å². The molecule has 2 aliphatic rings. The summed E-state index contributed by atoms with van der Waals surface area (Å²) in [5.74, 6) is 0. The first-order valence-electron chi connectivity index (χ1n) is 8.45. The highest BCUT2D eigenvalue weighted by molar-refractivity contribution is 7.09. The van der Waals surface area contributed by atoms with E-state index in [-0.39, 0.29) is 5.41 Å². The summed E-state index contributed by atoms with van der Waals surface area (Å²) in [6, 6.07) is 1.53. The van der Waals surface area contributed by atoms with E-state index >= 15 is 0 Å². The number of thiazole rings is 1. The molecule has 1 unspecified atom stereocenters. The first kappa shape index (κ1) is 15.4. The lowest BCUT2D eigenvalue weighted by molar-refractivity contribution is 0.137. The fourth-order valence-electron chi connectivity index (χ4n) is 2.99. The van der Waals surface area contributed by atoms with E-state index in [2.05, 4.69) is 36.4 Å². The Labute approximate surface area is 133 Å². The van der Waals surface area contributed by atoms with Gasteiger partial charge in [-0.05, 0) is 32.2 Å². The molecular formula is C17H29N3S. The maximum Gasteiger partial charge on any atom is 0.107 e. The predicted octanol–water partition coefficient (Wildman–Crippen LogP) is 3.55.